The molecule has 1 heterocycles. The average Bonchev–Trinajstić information content (AvgIpc) is 2.70. The normalized spacial score (nSPS) is 11.0. The van der Waals surface area contributed by atoms with Crippen molar-refractivity contribution in [3.63, 3.8) is 0 Å². The second-order valence-electron chi connectivity index (χ2n) is 3.93. The Morgan fingerprint density at radius 2 is 2.19 bits per heavy atom. The summed E-state index contributed by atoms with van der Waals surface area (Å²) in [6.07, 6.45) is 1.89. The highest BCUT2D eigenvalue weighted by Crippen LogP contribution is 2.26. The van der Waals surface area contributed by atoms with E-state index in [0.717, 1.165) is 34.6 Å². The van der Waals surface area contributed by atoms with Crippen LogP contribution in [0.3, 0.4) is 0 Å². The number of aliphatic hydroxyl groups is 1. The van der Waals surface area contributed by atoms with Gasteiger partial charge in [-0.15, -0.1) is 10.2 Å². The topological polar surface area (TPSA) is 58.0 Å². The molecule has 4 nitrogen and oxygen atoms in total. The van der Waals surface area contributed by atoms with Gasteiger partial charge in [0.1, 0.15) is 0 Å². The smallest absolute Gasteiger partial charge is 0.206 e. The lowest BCUT2D eigenvalue weighted by atomic mass is 10.2. The molecule has 0 unspecified atom stereocenters. The van der Waals surface area contributed by atoms with Crippen LogP contribution in [-0.2, 0) is 0 Å². The monoisotopic (exact) mass is 261 g/mol. The molecular weight excluding hydrogens is 242 g/mol. The molecule has 0 fully saturated rings. The molecule has 0 saturated carbocycles. The van der Waals surface area contributed by atoms with Crippen LogP contribution in [0.15, 0.2) is 4.34 Å². The van der Waals surface area contributed by atoms with E-state index in [0.29, 0.717) is 5.92 Å². The van der Waals surface area contributed by atoms with Crippen LogP contribution in [-0.4, -0.2) is 34.2 Å². The molecule has 1 rings (SSSR count). The lowest BCUT2D eigenvalue weighted by Crippen LogP contribution is -2.07. The van der Waals surface area contributed by atoms with E-state index in [2.05, 4.69) is 29.4 Å². The second-order valence-corrected chi connectivity index (χ2v) is 6.25. The Morgan fingerprint density at radius 3 is 2.88 bits per heavy atom. The highest BCUT2D eigenvalue weighted by molar-refractivity contribution is 8.01. The van der Waals surface area contributed by atoms with Crippen LogP contribution < -0.4 is 5.32 Å². The SMILES string of the molecule is CC(C)CNc1nnc(SCCCCO)s1. The van der Waals surface area contributed by atoms with E-state index in [1.165, 1.54) is 0 Å². The molecule has 1 aromatic rings. The van der Waals surface area contributed by atoms with Crippen molar-refractivity contribution in [3.8, 4) is 0 Å². The van der Waals surface area contributed by atoms with Gasteiger partial charge in [0, 0.05) is 18.9 Å². The summed E-state index contributed by atoms with van der Waals surface area (Å²) >= 11 is 3.31. The van der Waals surface area contributed by atoms with Gasteiger partial charge in [0.05, 0.1) is 0 Å². The van der Waals surface area contributed by atoms with Crippen molar-refractivity contribution in [3.05, 3.63) is 0 Å². The quantitative estimate of drug-likeness (QED) is 0.556. The number of nitrogens with one attached hydrogen (secondary N) is 1. The van der Waals surface area contributed by atoms with Crippen LogP contribution in [0.5, 0.6) is 0 Å². The minimum absolute atomic E-state index is 0.276. The lowest BCUT2D eigenvalue weighted by molar-refractivity contribution is 0.287. The van der Waals surface area contributed by atoms with Gasteiger partial charge in [-0.3, -0.25) is 0 Å². The third-order valence-electron chi connectivity index (χ3n) is 1.85. The summed E-state index contributed by atoms with van der Waals surface area (Å²) in [6.45, 7) is 5.54. The van der Waals surface area contributed by atoms with E-state index >= 15 is 0 Å². The molecule has 0 spiro atoms. The van der Waals surface area contributed by atoms with E-state index < -0.39 is 0 Å². The summed E-state index contributed by atoms with van der Waals surface area (Å²) in [6, 6.07) is 0. The van der Waals surface area contributed by atoms with Crippen LogP contribution in [0.1, 0.15) is 26.7 Å². The summed E-state index contributed by atoms with van der Waals surface area (Å²) < 4.78 is 1.00. The predicted octanol–water partition coefficient (Wildman–Crippen LogP) is 2.47. The Labute approximate surface area is 105 Å². The van der Waals surface area contributed by atoms with Crippen molar-refractivity contribution in [2.45, 2.75) is 31.0 Å². The number of rotatable bonds is 8. The van der Waals surface area contributed by atoms with Gasteiger partial charge in [-0.2, -0.15) is 0 Å². The Balaban J connectivity index is 2.22. The summed E-state index contributed by atoms with van der Waals surface area (Å²) in [7, 11) is 0. The van der Waals surface area contributed by atoms with Crippen LogP contribution in [0.4, 0.5) is 5.13 Å². The number of aromatic nitrogens is 2. The largest absolute Gasteiger partial charge is 0.396 e. The van der Waals surface area contributed by atoms with E-state index in [1.54, 1.807) is 23.1 Å². The van der Waals surface area contributed by atoms with Gasteiger partial charge in [0.15, 0.2) is 4.34 Å². The highest BCUT2D eigenvalue weighted by atomic mass is 32.2. The van der Waals surface area contributed by atoms with Gasteiger partial charge in [-0.05, 0) is 18.8 Å². The summed E-state index contributed by atoms with van der Waals surface area (Å²) in [4.78, 5) is 0. The number of unbranched alkanes of at least 4 members (excludes halogenated alkanes) is 1. The predicted molar refractivity (Wildman–Crippen MR) is 70.3 cm³/mol. The molecule has 0 saturated heterocycles. The fraction of sp³-hybridized carbons (Fsp3) is 0.800. The number of hydrogen-bond acceptors (Lipinski definition) is 6. The van der Waals surface area contributed by atoms with Gasteiger partial charge in [0.25, 0.3) is 0 Å². The standard InChI is InChI=1S/C10H19N3OS2/c1-8(2)7-11-9-12-13-10(16-9)15-6-4-3-5-14/h8,14H,3-7H2,1-2H3,(H,11,12). The van der Waals surface area contributed by atoms with Crippen molar-refractivity contribution in [2.75, 3.05) is 24.2 Å². The zero-order valence-corrected chi connectivity index (χ0v) is 11.4. The van der Waals surface area contributed by atoms with E-state index in [-0.39, 0.29) is 6.61 Å². The molecule has 92 valence electrons. The van der Waals surface area contributed by atoms with Gasteiger partial charge in [-0.1, -0.05) is 36.9 Å². The first kappa shape index (κ1) is 13.7. The van der Waals surface area contributed by atoms with E-state index in [4.69, 9.17) is 5.11 Å². The number of aliphatic hydroxyl groups excluding tert-OH is 1. The summed E-state index contributed by atoms with van der Waals surface area (Å²) in [5, 5.41) is 21.0. The zero-order chi connectivity index (χ0) is 11.8. The summed E-state index contributed by atoms with van der Waals surface area (Å²) in [5.41, 5.74) is 0. The van der Waals surface area contributed by atoms with Crippen LogP contribution in [0.25, 0.3) is 0 Å². The fourth-order valence-electron chi connectivity index (χ4n) is 1.00. The molecule has 0 aliphatic carbocycles. The maximum Gasteiger partial charge on any atom is 0.206 e. The van der Waals surface area contributed by atoms with Crippen molar-refractivity contribution < 1.29 is 5.11 Å². The third-order valence-corrected chi connectivity index (χ3v) is 3.95. The summed E-state index contributed by atoms with van der Waals surface area (Å²) in [5.74, 6) is 1.61. The number of anilines is 1. The maximum atomic E-state index is 8.64. The van der Waals surface area contributed by atoms with Crippen molar-refractivity contribution in [2.24, 2.45) is 5.92 Å². The van der Waals surface area contributed by atoms with Gasteiger partial charge in [-0.25, -0.2) is 0 Å². The molecule has 0 bridgehead atoms. The number of hydrogen-bond donors (Lipinski definition) is 2. The molecule has 0 aliphatic rings. The van der Waals surface area contributed by atoms with Gasteiger partial charge < -0.3 is 10.4 Å². The van der Waals surface area contributed by atoms with Crippen molar-refractivity contribution in [1.29, 1.82) is 0 Å². The van der Waals surface area contributed by atoms with Gasteiger partial charge in [0.2, 0.25) is 5.13 Å². The molecule has 0 atom stereocenters. The minimum Gasteiger partial charge on any atom is -0.396 e. The average molecular weight is 261 g/mol. The molecule has 1 aromatic heterocycles. The lowest BCUT2D eigenvalue weighted by Gasteiger charge is -2.03. The van der Waals surface area contributed by atoms with Crippen molar-refractivity contribution in [1.82, 2.24) is 10.2 Å². The number of nitrogens with zero attached hydrogens (tertiary/aromatic N) is 2. The fourth-order valence-corrected chi connectivity index (χ4v) is 2.83. The Bertz CT molecular complexity index is 291. The number of thioether (sulfide) groups is 1. The third kappa shape index (κ3) is 5.67. The van der Waals surface area contributed by atoms with E-state index in [1.807, 2.05) is 0 Å². The molecule has 2 N–H and O–H groups in total. The first-order valence-corrected chi connectivity index (χ1v) is 7.33. The van der Waals surface area contributed by atoms with Crippen molar-refractivity contribution >= 4 is 28.2 Å². The zero-order valence-electron chi connectivity index (χ0n) is 9.77. The second kappa shape index (κ2) is 7.86. The molecule has 0 aromatic carbocycles. The minimum atomic E-state index is 0.276. The maximum absolute atomic E-state index is 8.64. The molecule has 0 amide bonds. The van der Waals surface area contributed by atoms with Crippen LogP contribution >= 0.6 is 23.1 Å². The van der Waals surface area contributed by atoms with Crippen LogP contribution in [0, 0.1) is 5.92 Å². The molecule has 0 aliphatic heterocycles. The Kier molecular flexibility index (Phi) is 6.75. The van der Waals surface area contributed by atoms with Gasteiger partial charge >= 0.3 is 0 Å². The van der Waals surface area contributed by atoms with E-state index in [9.17, 15) is 0 Å². The molecule has 0 radical (unpaired) electrons. The van der Waals surface area contributed by atoms with Crippen LogP contribution in [0.2, 0.25) is 0 Å². The molecule has 6 heteroatoms. The highest BCUT2D eigenvalue weighted by Gasteiger charge is 2.04. The first-order valence-electron chi connectivity index (χ1n) is 5.53. The first-order chi connectivity index (χ1) is 7.72. The molecular formula is C10H19N3OS2. The molecule has 16 heavy (non-hydrogen) atoms. The Morgan fingerprint density at radius 1 is 1.38 bits per heavy atom. The Hall–Kier alpha value is -0.330.